The Hall–Kier alpha value is -1.43. The first-order valence-electron chi connectivity index (χ1n) is 7.46. The van der Waals surface area contributed by atoms with Crippen molar-refractivity contribution in [1.82, 2.24) is 0 Å². The number of hydrogen-bond donors (Lipinski definition) is 2. The fraction of sp³-hybridized carbons (Fsp3) is 0.588. The van der Waals surface area contributed by atoms with E-state index in [1.807, 2.05) is 30.3 Å². The van der Waals surface area contributed by atoms with Gasteiger partial charge in [-0.2, -0.15) is 0 Å². The second-order valence-corrected chi connectivity index (χ2v) is 6.33. The van der Waals surface area contributed by atoms with Gasteiger partial charge in [0.05, 0.1) is 31.8 Å². The van der Waals surface area contributed by atoms with E-state index in [0.717, 1.165) is 5.56 Å². The number of rotatable bonds is 8. The summed E-state index contributed by atoms with van der Waals surface area (Å²) in [5.41, 5.74) is 0.442. The zero-order valence-electron chi connectivity index (χ0n) is 13.5. The van der Waals surface area contributed by atoms with Crippen molar-refractivity contribution >= 4 is 5.97 Å². The van der Waals surface area contributed by atoms with Gasteiger partial charge in [0.2, 0.25) is 0 Å². The Balaban J connectivity index is 2.21. The Labute approximate surface area is 131 Å². The molecule has 5 nitrogen and oxygen atoms in total. The van der Waals surface area contributed by atoms with Gasteiger partial charge >= 0.3 is 5.97 Å². The van der Waals surface area contributed by atoms with E-state index in [2.05, 4.69) is 0 Å². The van der Waals surface area contributed by atoms with Crippen molar-refractivity contribution in [3.05, 3.63) is 35.9 Å². The lowest BCUT2D eigenvalue weighted by Crippen LogP contribution is -2.29. The highest BCUT2D eigenvalue weighted by atomic mass is 16.6. The van der Waals surface area contributed by atoms with Gasteiger partial charge < -0.3 is 19.7 Å². The molecule has 1 aromatic carbocycles. The molecule has 1 rings (SSSR count). The third-order valence-corrected chi connectivity index (χ3v) is 2.79. The Morgan fingerprint density at radius 3 is 2.36 bits per heavy atom. The summed E-state index contributed by atoms with van der Waals surface area (Å²) in [4.78, 5) is 11.6. The molecule has 0 bridgehead atoms. The molecular formula is C17H26O5. The molecule has 22 heavy (non-hydrogen) atoms. The first-order chi connectivity index (χ1) is 10.3. The molecule has 0 saturated carbocycles. The minimum atomic E-state index is -0.940. The maximum absolute atomic E-state index is 11.6. The zero-order valence-corrected chi connectivity index (χ0v) is 13.5. The Morgan fingerprint density at radius 1 is 1.14 bits per heavy atom. The van der Waals surface area contributed by atoms with E-state index < -0.39 is 23.8 Å². The predicted molar refractivity (Wildman–Crippen MR) is 83.2 cm³/mol. The molecule has 0 fully saturated rings. The van der Waals surface area contributed by atoms with Crippen molar-refractivity contribution in [3.8, 4) is 0 Å². The molecule has 0 spiro atoms. The van der Waals surface area contributed by atoms with E-state index in [0.29, 0.717) is 6.61 Å². The molecule has 0 aliphatic rings. The van der Waals surface area contributed by atoms with Crippen LogP contribution in [-0.2, 0) is 20.9 Å². The fourth-order valence-corrected chi connectivity index (χ4v) is 1.93. The number of esters is 1. The predicted octanol–water partition coefficient (Wildman–Crippen LogP) is 2.05. The summed E-state index contributed by atoms with van der Waals surface area (Å²) in [6.45, 7) is 5.82. The maximum atomic E-state index is 11.6. The summed E-state index contributed by atoms with van der Waals surface area (Å²) in [5.74, 6) is -0.475. The van der Waals surface area contributed by atoms with Crippen LogP contribution in [0.2, 0.25) is 0 Å². The number of benzene rings is 1. The number of aliphatic hydroxyl groups is 2. The normalized spacial score (nSPS) is 14.4. The quantitative estimate of drug-likeness (QED) is 0.719. The average molecular weight is 310 g/mol. The van der Waals surface area contributed by atoms with Crippen LogP contribution in [0.15, 0.2) is 30.3 Å². The summed E-state index contributed by atoms with van der Waals surface area (Å²) in [5, 5.41) is 19.6. The first-order valence-corrected chi connectivity index (χ1v) is 7.46. The van der Waals surface area contributed by atoms with Crippen LogP contribution >= 0.6 is 0 Å². The van der Waals surface area contributed by atoms with Gasteiger partial charge in [-0.05, 0) is 26.3 Å². The highest BCUT2D eigenvalue weighted by molar-refractivity contribution is 5.70. The molecule has 0 saturated heterocycles. The lowest BCUT2D eigenvalue weighted by atomic mass is 10.1. The second kappa shape index (κ2) is 8.88. The molecule has 2 N–H and O–H groups in total. The van der Waals surface area contributed by atoms with Crippen molar-refractivity contribution in [3.63, 3.8) is 0 Å². The molecule has 0 unspecified atom stereocenters. The minimum absolute atomic E-state index is 0.0774. The van der Waals surface area contributed by atoms with Crippen LogP contribution in [0.4, 0.5) is 0 Å². The van der Waals surface area contributed by atoms with Gasteiger partial charge in [-0.3, -0.25) is 4.79 Å². The number of hydrogen-bond acceptors (Lipinski definition) is 5. The lowest BCUT2D eigenvalue weighted by Gasteiger charge is -2.21. The largest absolute Gasteiger partial charge is 0.460 e. The molecule has 1 aromatic rings. The SMILES string of the molecule is CC(C)(C)OC(=O)C[C@@H](O)C[C@@H](O)COCc1ccccc1. The first kappa shape index (κ1) is 18.6. The highest BCUT2D eigenvalue weighted by Gasteiger charge is 2.21. The standard InChI is InChI=1S/C17H26O5/c1-17(2,3)22-16(20)10-14(18)9-15(19)12-21-11-13-7-5-4-6-8-13/h4-8,14-15,18-19H,9-12H2,1-3H3/t14-,15+/m0/s1. The topological polar surface area (TPSA) is 76.0 Å². The molecule has 0 amide bonds. The van der Waals surface area contributed by atoms with E-state index in [1.165, 1.54) is 0 Å². The number of carbonyl (C=O) groups excluding carboxylic acids is 1. The van der Waals surface area contributed by atoms with Gasteiger partial charge in [0, 0.05) is 6.42 Å². The van der Waals surface area contributed by atoms with E-state index in [1.54, 1.807) is 20.8 Å². The number of ether oxygens (including phenoxy) is 2. The number of aliphatic hydroxyl groups excluding tert-OH is 2. The molecule has 0 aliphatic heterocycles. The Bertz CT molecular complexity index is 438. The summed E-state index contributed by atoms with van der Waals surface area (Å²) in [6.07, 6.45) is -1.81. The second-order valence-electron chi connectivity index (χ2n) is 6.33. The third kappa shape index (κ3) is 8.77. The molecule has 5 heteroatoms. The summed E-state index contributed by atoms with van der Waals surface area (Å²) in [7, 11) is 0. The van der Waals surface area contributed by atoms with Crippen LogP contribution in [0.3, 0.4) is 0 Å². The van der Waals surface area contributed by atoms with E-state index in [-0.39, 0.29) is 19.4 Å². The van der Waals surface area contributed by atoms with E-state index in [4.69, 9.17) is 9.47 Å². The molecule has 124 valence electrons. The zero-order chi connectivity index (χ0) is 16.6. The van der Waals surface area contributed by atoms with E-state index >= 15 is 0 Å². The van der Waals surface area contributed by atoms with Crippen molar-refractivity contribution < 1.29 is 24.5 Å². The van der Waals surface area contributed by atoms with Gasteiger partial charge in [0.25, 0.3) is 0 Å². The molecule has 0 aromatic heterocycles. The van der Waals surface area contributed by atoms with E-state index in [9.17, 15) is 15.0 Å². The van der Waals surface area contributed by atoms with Crippen LogP contribution in [0.1, 0.15) is 39.2 Å². The van der Waals surface area contributed by atoms with Gasteiger partial charge in [0.1, 0.15) is 5.60 Å². The maximum Gasteiger partial charge on any atom is 0.308 e. The van der Waals surface area contributed by atoms with Crippen molar-refractivity contribution in [2.45, 2.75) is 58.0 Å². The summed E-state index contributed by atoms with van der Waals surface area (Å²) < 4.78 is 10.5. The van der Waals surface area contributed by atoms with Crippen LogP contribution in [-0.4, -0.2) is 40.6 Å². The Kier molecular flexibility index (Phi) is 7.51. The smallest absolute Gasteiger partial charge is 0.308 e. The van der Waals surface area contributed by atoms with Gasteiger partial charge in [-0.25, -0.2) is 0 Å². The average Bonchev–Trinajstić information content (AvgIpc) is 2.37. The van der Waals surface area contributed by atoms with Crippen molar-refractivity contribution in [1.29, 1.82) is 0 Å². The number of carbonyl (C=O) groups is 1. The molecule has 0 radical (unpaired) electrons. The molecular weight excluding hydrogens is 284 g/mol. The summed E-state index contributed by atoms with van der Waals surface area (Å²) in [6, 6.07) is 9.62. The van der Waals surface area contributed by atoms with Gasteiger partial charge in [0.15, 0.2) is 0 Å². The lowest BCUT2D eigenvalue weighted by molar-refractivity contribution is -0.157. The van der Waals surface area contributed by atoms with Gasteiger partial charge in [-0.1, -0.05) is 30.3 Å². The van der Waals surface area contributed by atoms with Crippen molar-refractivity contribution in [2.24, 2.45) is 0 Å². The molecule has 0 aliphatic carbocycles. The Morgan fingerprint density at radius 2 is 1.77 bits per heavy atom. The summed E-state index contributed by atoms with van der Waals surface area (Å²) >= 11 is 0. The van der Waals surface area contributed by atoms with Crippen LogP contribution < -0.4 is 0 Å². The molecule has 0 heterocycles. The fourth-order valence-electron chi connectivity index (χ4n) is 1.93. The molecule has 2 atom stereocenters. The highest BCUT2D eigenvalue weighted by Crippen LogP contribution is 2.11. The van der Waals surface area contributed by atoms with Crippen LogP contribution in [0.25, 0.3) is 0 Å². The minimum Gasteiger partial charge on any atom is -0.460 e. The van der Waals surface area contributed by atoms with Crippen molar-refractivity contribution in [2.75, 3.05) is 6.61 Å². The van der Waals surface area contributed by atoms with Gasteiger partial charge in [-0.15, -0.1) is 0 Å². The monoisotopic (exact) mass is 310 g/mol. The van der Waals surface area contributed by atoms with Crippen LogP contribution in [0, 0.1) is 0 Å². The van der Waals surface area contributed by atoms with Crippen LogP contribution in [0.5, 0.6) is 0 Å². The third-order valence-electron chi connectivity index (χ3n) is 2.79.